The molecule has 2 aromatic carbocycles. The van der Waals surface area contributed by atoms with Crippen LogP contribution in [0, 0.1) is 12.7 Å². The summed E-state index contributed by atoms with van der Waals surface area (Å²) in [5.41, 5.74) is 7.95. The van der Waals surface area contributed by atoms with Crippen molar-refractivity contribution in [2.24, 2.45) is 0 Å². The summed E-state index contributed by atoms with van der Waals surface area (Å²) < 4.78 is 21.1. The zero-order valence-electron chi connectivity index (χ0n) is 21.6. The minimum atomic E-state index is -0.893. The standard InChI is InChI=1S/C31H25FN4O3S/c1-17-16-36-25(14-24(35-36)31-34-15-21(40-31)12-18-2-4-20(32)5-3-18)29(23(17)13-27(37)38)22-6-7-26-28-19(9-11-39-26)8-10-33-30(22)28/h2-8,10,14-16,31,34H,9,11-13H2,1H3,(H,37,38). The molecule has 0 aliphatic carbocycles. The summed E-state index contributed by atoms with van der Waals surface area (Å²) in [6.45, 7) is 2.55. The minimum absolute atomic E-state index is 0.103. The fourth-order valence-electron chi connectivity index (χ4n) is 5.65. The molecule has 7 rings (SSSR count). The fraction of sp³-hybridized carbons (Fsp3) is 0.194. The van der Waals surface area contributed by atoms with Crippen molar-refractivity contribution in [3.8, 4) is 16.9 Å². The number of rotatable bonds is 6. The zero-order valence-corrected chi connectivity index (χ0v) is 22.5. The molecule has 0 saturated heterocycles. The molecule has 0 fully saturated rings. The molecule has 7 nitrogen and oxygen atoms in total. The van der Waals surface area contributed by atoms with Crippen LogP contribution in [0.3, 0.4) is 0 Å². The number of hydrogen-bond acceptors (Lipinski definition) is 6. The van der Waals surface area contributed by atoms with Gasteiger partial charge in [-0.2, -0.15) is 5.10 Å². The van der Waals surface area contributed by atoms with Crippen LogP contribution in [0.5, 0.6) is 5.75 Å². The smallest absolute Gasteiger partial charge is 0.307 e. The van der Waals surface area contributed by atoms with Gasteiger partial charge in [0.2, 0.25) is 0 Å². The van der Waals surface area contributed by atoms with E-state index in [0.717, 1.165) is 67.0 Å². The number of carboxylic acids is 1. The molecule has 0 bridgehead atoms. The Morgan fingerprint density at radius 3 is 2.90 bits per heavy atom. The number of ether oxygens (including phenoxy) is 1. The molecule has 5 aromatic rings. The van der Waals surface area contributed by atoms with Crippen LogP contribution in [0.25, 0.3) is 27.5 Å². The number of aliphatic carboxylic acids is 1. The van der Waals surface area contributed by atoms with Crippen molar-refractivity contribution < 1.29 is 19.0 Å². The number of nitrogens with one attached hydrogen (secondary N) is 1. The predicted molar refractivity (Wildman–Crippen MR) is 153 cm³/mol. The zero-order chi connectivity index (χ0) is 27.4. The van der Waals surface area contributed by atoms with E-state index in [2.05, 4.69) is 5.32 Å². The van der Waals surface area contributed by atoms with Crippen LogP contribution < -0.4 is 10.1 Å². The highest BCUT2D eigenvalue weighted by Gasteiger charge is 2.26. The normalized spacial score (nSPS) is 16.1. The Morgan fingerprint density at radius 1 is 1.23 bits per heavy atom. The quantitative estimate of drug-likeness (QED) is 0.268. The Labute approximate surface area is 233 Å². The van der Waals surface area contributed by atoms with Gasteiger partial charge in [-0.05, 0) is 65.6 Å². The molecule has 40 heavy (non-hydrogen) atoms. The van der Waals surface area contributed by atoms with Crippen LogP contribution in [0.15, 0.2) is 72.0 Å². The Hall–Kier alpha value is -4.37. The van der Waals surface area contributed by atoms with E-state index in [-0.39, 0.29) is 17.6 Å². The fourth-order valence-corrected chi connectivity index (χ4v) is 6.71. The first-order valence-corrected chi connectivity index (χ1v) is 14.0. The monoisotopic (exact) mass is 552 g/mol. The lowest BCUT2D eigenvalue weighted by atomic mass is 9.91. The lowest BCUT2D eigenvalue weighted by molar-refractivity contribution is -0.136. The lowest BCUT2D eigenvalue weighted by Gasteiger charge is -2.21. The second-order valence-corrected chi connectivity index (χ2v) is 11.3. The van der Waals surface area contributed by atoms with Crippen molar-refractivity contribution in [2.45, 2.75) is 31.6 Å². The van der Waals surface area contributed by atoms with Crippen molar-refractivity contribution in [3.63, 3.8) is 0 Å². The second kappa shape index (κ2) is 9.67. The summed E-state index contributed by atoms with van der Waals surface area (Å²) in [5, 5.41) is 19.0. The molecule has 0 radical (unpaired) electrons. The molecule has 3 aromatic heterocycles. The molecule has 2 N–H and O–H groups in total. The molecule has 1 atom stereocenters. The minimum Gasteiger partial charge on any atom is -0.493 e. The molecule has 5 heterocycles. The Kier molecular flexibility index (Phi) is 5.96. The summed E-state index contributed by atoms with van der Waals surface area (Å²) in [5.74, 6) is -0.336. The number of aromatic nitrogens is 3. The van der Waals surface area contributed by atoms with Crippen molar-refractivity contribution >= 4 is 34.2 Å². The van der Waals surface area contributed by atoms with E-state index >= 15 is 0 Å². The predicted octanol–water partition coefficient (Wildman–Crippen LogP) is 5.98. The summed E-state index contributed by atoms with van der Waals surface area (Å²) in [7, 11) is 0. The van der Waals surface area contributed by atoms with Gasteiger partial charge in [-0.25, -0.2) is 8.91 Å². The first-order chi connectivity index (χ1) is 19.4. The molecule has 9 heteroatoms. The van der Waals surface area contributed by atoms with Gasteiger partial charge in [0.1, 0.15) is 16.9 Å². The van der Waals surface area contributed by atoms with E-state index in [1.54, 1.807) is 23.9 Å². The lowest BCUT2D eigenvalue weighted by Crippen LogP contribution is -2.10. The average molecular weight is 553 g/mol. The van der Waals surface area contributed by atoms with Crippen LogP contribution in [0.2, 0.25) is 0 Å². The van der Waals surface area contributed by atoms with Crippen LogP contribution in [-0.4, -0.2) is 32.3 Å². The molecule has 0 saturated carbocycles. The Bertz CT molecular complexity index is 1840. The van der Waals surface area contributed by atoms with E-state index in [9.17, 15) is 14.3 Å². The highest BCUT2D eigenvalue weighted by Crippen LogP contribution is 2.43. The summed E-state index contributed by atoms with van der Waals surface area (Å²) in [4.78, 5) is 17.9. The van der Waals surface area contributed by atoms with E-state index < -0.39 is 5.97 Å². The molecule has 2 aliphatic heterocycles. The number of hydrogen-bond donors (Lipinski definition) is 2. The van der Waals surface area contributed by atoms with Gasteiger partial charge in [0.15, 0.2) is 0 Å². The number of nitrogens with zero attached hydrogens (tertiary/aromatic N) is 3. The van der Waals surface area contributed by atoms with Gasteiger partial charge in [-0.1, -0.05) is 23.9 Å². The maximum atomic E-state index is 13.3. The molecule has 200 valence electrons. The highest BCUT2D eigenvalue weighted by molar-refractivity contribution is 8.03. The van der Waals surface area contributed by atoms with Gasteiger partial charge in [0, 0.05) is 52.9 Å². The van der Waals surface area contributed by atoms with Crippen LogP contribution in [-0.2, 0) is 24.1 Å². The van der Waals surface area contributed by atoms with Gasteiger partial charge in [-0.15, -0.1) is 0 Å². The second-order valence-electron chi connectivity index (χ2n) is 10.1. The maximum absolute atomic E-state index is 13.3. The number of allylic oxidation sites excluding steroid dienone is 1. The van der Waals surface area contributed by atoms with Gasteiger partial charge in [0.25, 0.3) is 0 Å². The van der Waals surface area contributed by atoms with E-state index in [0.29, 0.717) is 13.0 Å². The van der Waals surface area contributed by atoms with Crippen LogP contribution in [0.4, 0.5) is 4.39 Å². The number of carboxylic acid groups (broad SMARTS) is 1. The maximum Gasteiger partial charge on any atom is 0.307 e. The van der Waals surface area contributed by atoms with E-state index in [1.165, 1.54) is 17.7 Å². The third kappa shape index (κ3) is 4.26. The third-order valence-corrected chi connectivity index (χ3v) is 8.67. The van der Waals surface area contributed by atoms with Crippen LogP contribution >= 0.6 is 11.8 Å². The number of carbonyl (C=O) groups is 1. The van der Waals surface area contributed by atoms with E-state index in [1.807, 2.05) is 54.3 Å². The molecule has 0 amide bonds. The van der Waals surface area contributed by atoms with Crippen molar-refractivity contribution in [1.29, 1.82) is 0 Å². The molecule has 1 unspecified atom stereocenters. The van der Waals surface area contributed by atoms with Gasteiger partial charge in [-0.3, -0.25) is 9.78 Å². The van der Waals surface area contributed by atoms with Crippen molar-refractivity contribution in [1.82, 2.24) is 19.9 Å². The number of halogens is 1. The SMILES string of the molecule is Cc1cn2nc(C3NC=C(Cc4ccc(F)cc4)S3)cc2c(-c2ccc3c4c(ccnc24)CCO3)c1CC(=O)O. The number of fused-ring (bicyclic) bond motifs is 1. The summed E-state index contributed by atoms with van der Waals surface area (Å²) in [6, 6.07) is 14.6. The topological polar surface area (TPSA) is 88.8 Å². The number of benzene rings is 2. The first kappa shape index (κ1) is 24.7. The highest BCUT2D eigenvalue weighted by atomic mass is 32.2. The number of thioether (sulfide) groups is 1. The van der Waals surface area contributed by atoms with Crippen molar-refractivity contribution in [3.05, 3.63) is 106 Å². The average Bonchev–Trinajstić information content (AvgIpc) is 3.58. The van der Waals surface area contributed by atoms with Crippen LogP contribution in [0.1, 0.15) is 33.3 Å². The largest absolute Gasteiger partial charge is 0.493 e. The number of aryl methyl sites for hydroxylation is 1. The third-order valence-electron chi connectivity index (χ3n) is 7.50. The van der Waals surface area contributed by atoms with E-state index in [4.69, 9.17) is 14.8 Å². The Balaban J connectivity index is 1.32. The first-order valence-electron chi connectivity index (χ1n) is 13.1. The Morgan fingerprint density at radius 2 is 2.08 bits per heavy atom. The van der Waals surface area contributed by atoms with Gasteiger partial charge in [0.05, 0.1) is 29.8 Å². The molecular weight excluding hydrogens is 527 g/mol. The molecule has 2 aliphatic rings. The summed E-state index contributed by atoms with van der Waals surface area (Å²) in [6.07, 6.45) is 7.08. The molecule has 0 spiro atoms. The van der Waals surface area contributed by atoms with Crippen molar-refractivity contribution in [2.75, 3.05) is 6.61 Å². The van der Waals surface area contributed by atoms with Gasteiger partial charge >= 0.3 is 5.97 Å². The summed E-state index contributed by atoms with van der Waals surface area (Å²) >= 11 is 1.67. The molecular formula is C31H25FN4O3S. The van der Waals surface area contributed by atoms with Gasteiger partial charge < -0.3 is 15.2 Å². The number of pyridine rings is 2.